The van der Waals surface area contributed by atoms with E-state index < -0.39 is 11.9 Å². The fourth-order valence-electron chi connectivity index (χ4n) is 2.25. The van der Waals surface area contributed by atoms with Gasteiger partial charge in [0.1, 0.15) is 5.75 Å². The Morgan fingerprint density at radius 2 is 1.79 bits per heavy atom. The number of thiazole rings is 1. The Balaban J connectivity index is 1.80. The summed E-state index contributed by atoms with van der Waals surface area (Å²) in [6, 6.07) is 13.7. The number of methoxy groups -OCH3 is 1. The van der Waals surface area contributed by atoms with Crippen molar-refractivity contribution in [1.29, 1.82) is 0 Å². The number of anilines is 1. The molecule has 0 fully saturated rings. The zero-order chi connectivity index (χ0) is 20.1. The molecule has 0 aliphatic rings. The van der Waals surface area contributed by atoms with E-state index in [4.69, 9.17) is 21.2 Å². The molecule has 3 rings (SSSR count). The summed E-state index contributed by atoms with van der Waals surface area (Å²) >= 11 is 7.12. The van der Waals surface area contributed by atoms with Gasteiger partial charge in [0.15, 0.2) is 0 Å². The van der Waals surface area contributed by atoms with Crippen molar-refractivity contribution >= 4 is 39.9 Å². The number of carbonyl (C=O) groups is 2. The molecule has 7 nitrogen and oxygen atoms in total. The molecule has 9 heteroatoms. The zero-order valence-corrected chi connectivity index (χ0v) is 16.6. The van der Waals surface area contributed by atoms with Crippen LogP contribution < -0.4 is 15.3 Å². The first-order valence-corrected chi connectivity index (χ1v) is 9.37. The van der Waals surface area contributed by atoms with E-state index in [9.17, 15) is 9.59 Å². The minimum atomic E-state index is -0.599. The summed E-state index contributed by atoms with van der Waals surface area (Å²) in [6.45, 7) is 1.24. The number of hydrazine groups is 1. The molecule has 1 heterocycles. The van der Waals surface area contributed by atoms with E-state index in [-0.39, 0.29) is 0 Å². The van der Waals surface area contributed by atoms with Crippen molar-refractivity contribution in [3.8, 4) is 17.0 Å². The molecule has 2 aromatic carbocycles. The molecule has 0 aliphatic heterocycles. The van der Waals surface area contributed by atoms with Gasteiger partial charge in [0.2, 0.25) is 5.13 Å². The van der Waals surface area contributed by atoms with E-state index in [0.29, 0.717) is 27.2 Å². The molecule has 0 unspecified atom stereocenters. The van der Waals surface area contributed by atoms with Crippen molar-refractivity contribution in [2.24, 2.45) is 0 Å². The van der Waals surface area contributed by atoms with Crippen LogP contribution in [0.25, 0.3) is 11.3 Å². The molecule has 144 valence electrons. The summed E-state index contributed by atoms with van der Waals surface area (Å²) in [5.41, 5.74) is 4.40. The van der Waals surface area contributed by atoms with Gasteiger partial charge in [-0.25, -0.2) is 15.2 Å². The van der Waals surface area contributed by atoms with Gasteiger partial charge < -0.3 is 9.57 Å². The van der Waals surface area contributed by atoms with E-state index >= 15 is 0 Å². The number of hydrogen-bond acceptors (Lipinski definition) is 7. The molecule has 1 aromatic heterocycles. The Morgan fingerprint density at radius 1 is 1.11 bits per heavy atom. The maximum atomic E-state index is 12.5. The van der Waals surface area contributed by atoms with Crippen molar-refractivity contribution in [3.63, 3.8) is 0 Å². The third kappa shape index (κ3) is 4.79. The predicted octanol–water partition coefficient (Wildman–Crippen LogP) is 4.10. The van der Waals surface area contributed by atoms with Gasteiger partial charge in [-0.05, 0) is 36.4 Å². The molecule has 0 bridgehead atoms. The number of halogens is 1. The molecule has 0 atom stereocenters. The third-order valence-electron chi connectivity index (χ3n) is 3.58. The first kappa shape index (κ1) is 19.7. The summed E-state index contributed by atoms with van der Waals surface area (Å²) < 4.78 is 5.08. The Morgan fingerprint density at radius 3 is 2.39 bits per heavy atom. The van der Waals surface area contributed by atoms with Gasteiger partial charge in [-0.15, -0.1) is 0 Å². The molecular weight excluding hydrogens is 402 g/mol. The molecule has 3 aromatic rings. The van der Waals surface area contributed by atoms with Gasteiger partial charge in [-0.2, -0.15) is 0 Å². The number of amides is 1. The normalized spacial score (nSPS) is 10.2. The number of nitrogens with zero attached hydrogens (tertiary/aromatic N) is 2. The smallest absolute Gasteiger partial charge is 0.331 e. The molecule has 0 radical (unpaired) electrons. The maximum Gasteiger partial charge on any atom is 0.331 e. The van der Waals surface area contributed by atoms with Crippen LogP contribution in [0.2, 0.25) is 5.02 Å². The van der Waals surface area contributed by atoms with Crippen LogP contribution >= 0.6 is 22.9 Å². The van der Waals surface area contributed by atoms with Gasteiger partial charge in [0.05, 0.1) is 12.8 Å². The highest BCUT2D eigenvalue weighted by Crippen LogP contribution is 2.28. The first-order valence-electron chi connectivity index (χ1n) is 8.11. The van der Waals surface area contributed by atoms with Crippen LogP contribution in [0.1, 0.15) is 17.3 Å². The molecule has 0 aliphatic carbocycles. The lowest BCUT2D eigenvalue weighted by molar-refractivity contribution is -0.143. The minimum Gasteiger partial charge on any atom is -0.497 e. The fraction of sp³-hybridized carbons (Fsp3) is 0.105. The number of aromatic nitrogens is 1. The average Bonchev–Trinajstić information content (AvgIpc) is 3.18. The van der Waals surface area contributed by atoms with Crippen LogP contribution in [0.15, 0.2) is 53.9 Å². The summed E-state index contributed by atoms with van der Waals surface area (Å²) in [7, 11) is 1.54. The van der Waals surface area contributed by atoms with Gasteiger partial charge in [0, 0.05) is 28.5 Å². The van der Waals surface area contributed by atoms with Crippen LogP contribution in [-0.4, -0.2) is 24.0 Å². The van der Waals surface area contributed by atoms with Crippen molar-refractivity contribution in [2.75, 3.05) is 12.3 Å². The average molecular weight is 418 g/mol. The molecule has 0 saturated carbocycles. The van der Waals surface area contributed by atoms with Crippen LogP contribution in [0.4, 0.5) is 5.13 Å². The maximum absolute atomic E-state index is 12.5. The summed E-state index contributed by atoms with van der Waals surface area (Å²) in [5, 5.41) is 3.66. The number of ether oxygens (including phenoxy) is 1. The number of hydrogen-bond donors (Lipinski definition) is 1. The standard InChI is InChI=1S/C19H16ClN3O4S/c1-12(24)27-23(22-18(25)14-5-9-16(26-2)10-6-14)19-21-17(11-28-19)13-3-7-15(20)8-4-13/h3-11H,1-2H3,(H,22,25). The van der Waals surface area contributed by atoms with Gasteiger partial charge in [-0.3, -0.25) is 4.79 Å². The lowest BCUT2D eigenvalue weighted by Crippen LogP contribution is -2.43. The Hall–Kier alpha value is -3.10. The van der Waals surface area contributed by atoms with E-state index in [0.717, 1.165) is 10.7 Å². The fourth-order valence-corrected chi connectivity index (χ4v) is 3.11. The monoisotopic (exact) mass is 417 g/mol. The van der Waals surface area contributed by atoms with Crippen molar-refractivity contribution in [1.82, 2.24) is 10.4 Å². The van der Waals surface area contributed by atoms with E-state index in [2.05, 4.69) is 10.4 Å². The third-order valence-corrected chi connectivity index (χ3v) is 4.64. The summed E-state index contributed by atoms with van der Waals surface area (Å²) in [4.78, 5) is 33.5. The molecule has 0 saturated heterocycles. The second-order valence-corrected chi connectivity index (χ2v) is 6.84. The quantitative estimate of drug-likeness (QED) is 0.608. The first-order chi connectivity index (χ1) is 13.5. The highest BCUT2D eigenvalue weighted by Gasteiger charge is 2.19. The number of carbonyl (C=O) groups excluding carboxylic acids is 2. The van der Waals surface area contributed by atoms with Crippen LogP contribution in [0.3, 0.4) is 0 Å². The number of nitrogens with one attached hydrogen (secondary N) is 1. The number of rotatable bonds is 6. The Kier molecular flexibility index (Phi) is 6.13. The molecule has 28 heavy (non-hydrogen) atoms. The predicted molar refractivity (Wildman–Crippen MR) is 107 cm³/mol. The van der Waals surface area contributed by atoms with Crippen molar-refractivity contribution in [3.05, 3.63) is 64.5 Å². The summed E-state index contributed by atoms with van der Waals surface area (Å²) in [5.74, 6) is -0.439. The molecule has 1 amide bonds. The molecule has 1 N–H and O–H groups in total. The SMILES string of the molecule is COc1ccc(C(=O)NN(OC(C)=O)c2nc(-c3ccc(Cl)cc3)cs2)cc1. The van der Waals surface area contributed by atoms with Crippen LogP contribution in [-0.2, 0) is 9.63 Å². The van der Waals surface area contributed by atoms with Gasteiger partial charge in [-0.1, -0.05) is 40.2 Å². The highest BCUT2D eigenvalue weighted by atomic mass is 35.5. The largest absolute Gasteiger partial charge is 0.497 e. The lowest BCUT2D eigenvalue weighted by atomic mass is 10.2. The Labute approximate surface area is 170 Å². The second-order valence-electron chi connectivity index (χ2n) is 5.57. The highest BCUT2D eigenvalue weighted by molar-refractivity contribution is 7.14. The topological polar surface area (TPSA) is 80.8 Å². The lowest BCUT2D eigenvalue weighted by Gasteiger charge is -2.19. The van der Waals surface area contributed by atoms with Gasteiger partial charge in [0.25, 0.3) is 5.91 Å². The molecule has 0 spiro atoms. The number of benzene rings is 2. The van der Waals surface area contributed by atoms with Crippen molar-refractivity contribution < 1.29 is 19.2 Å². The van der Waals surface area contributed by atoms with Gasteiger partial charge >= 0.3 is 5.97 Å². The zero-order valence-electron chi connectivity index (χ0n) is 15.0. The van der Waals surface area contributed by atoms with E-state index in [1.165, 1.54) is 25.4 Å². The second kappa shape index (κ2) is 8.73. The Bertz CT molecular complexity index is 974. The minimum absolute atomic E-state index is 0.294. The van der Waals surface area contributed by atoms with E-state index in [1.807, 2.05) is 12.1 Å². The van der Waals surface area contributed by atoms with Crippen LogP contribution in [0.5, 0.6) is 5.75 Å². The van der Waals surface area contributed by atoms with Crippen molar-refractivity contribution in [2.45, 2.75) is 6.92 Å². The molecular formula is C19H16ClN3O4S. The van der Waals surface area contributed by atoms with E-state index in [1.54, 1.807) is 41.8 Å². The summed E-state index contributed by atoms with van der Waals surface area (Å²) in [6.07, 6.45) is 0. The van der Waals surface area contributed by atoms with Crippen LogP contribution in [0, 0.1) is 0 Å².